The van der Waals surface area contributed by atoms with Crippen molar-refractivity contribution in [3.05, 3.63) is 23.5 Å². The molecular formula is C15H22N6S. The van der Waals surface area contributed by atoms with E-state index < -0.39 is 0 Å². The Morgan fingerprint density at radius 3 is 2.68 bits per heavy atom. The summed E-state index contributed by atoms with van der Waals surface area (Å²) in [5.41, 5.74) is 1.11. The third kappa shape index (κ3) is 3.47. The van der Waals surface area contributed by atoms with E-state index in [0.717, 1.165) is 48.4 Å². The number of rotatable bonds is 4. The van der Waals surface area contributed by atoms with Gasteiger partial charge in [0.25, 0.3) is 0 Å². The first-order valence-corrected chi connectivity index (χ1v) is 8.43. The summed E-state index contributed by atoms with van der Waals surface area (Å²) in [7, 11) is 3.97. The van der Waals surface area contributed by atoms with Crippen LogP contribution in [0.25, 0.3) is 0 Å². The van der Waals surface area contributed by atoms with Crippen molar-refractivity contribution in [2.24, 2.45) is 0 Å². The van der Waals surface area contributed by atoms with E-state index in [4.69, 9.17) is 0 Å². The summed E-state index contributed by atoms with van der Waals surface area (Å²) in [5, 5.41) is 6.79. The van der Waals surface area contributed by atoms with E-state index in [2.05, 4.69) is 30.5 Å². The topological polar surface area (TPSA) is 57.2 Å². The quantitative estimate of drug-likeness (QED) is 0.934. The van der Waals surface area contributed by atoms with Crippen LogP contribution in [0.4, 0.5) is 16.8 Å². The lowest BCUT2D eigenvalue weighted by molar-refractivity contribution is 0.524. The summed E-state index contributed by atoms with van der Waals surface area (Å²) in [6.45, 7) is 4.12. The molecule has 2 aromatic heterocycles. The molecule has 0 bridgehead atoms. The molecule has 3 rings (SSSR count). The number of aromatic nitrogens is 3. The van der Waals surface area contributed by atoms with Crippen LogP contribution in [0.5, 0.6) is 0 Å². The summed E-state index contributed by atoms with van der Waals surface area (Å²) in [4.78, 5) is 17.5. The Morgan fingerprint density at radius 1 is 1.27 bits per heavy atom. The first kappa shape index (κ1) is 15.0. The first-order chi connectivity index (χ1) is 10.6. The van der Waals surface area contributed by atoms with Gasteiger partial charge in [0, 0.05) is 44.7 Å². The largest absolute Gasteiger partial charge is 0.367 e. The van der Waals surface area contributed by atoms with Crippen LogP contribution in [0.15, 0.2) is 17.8 Å². The molecule has 0 aliphatic carbocycles. The summed E-state index contributed by atoms with van der Waals surface area (Å²) >= 11 is 1.73. The second kappa shape index (κ2) is 6.48. The van der Waals surface area contributed by atoms with E-state index in [1.54, 1.807) is 17.7 Å². The molecule has 118 valence electrons. The third-order valence-corrected chi connectivity index (χ3v) is 4.85. The van der Waals surface area contributed by atoms with Gasteiger partial charge in [-0.2, -0.15) is 0 Å². The monoisotopic (exact) mass is 318 g/mol. The Labute approximate surface area is 135 Å². The van der Waals surface area contributed by atoms with Gasteiger partial charge in [0.1, 0.15) is 18.0 Å². The third-order valence-electron chi connectivity index (χ3n) is 3.84. The Hall–Kier alpha value is -1.89. The van der Waals surface area contributed by atoms with Crippen molar-refractivity contribution in [3.8, 4) is 0 Å². The molecule has 0 radical (unpaired) electrons. The number of hydrogen-bond donors (Lipinski definition) is 1. The summed E-state index contributed by atoms with van der Waals surface area (Å²) in [5.74, 6) is 1.83. The summed E-state index contributed by atoms with van der Waals surface area (Å²) in [6.07, 6.45) is 3.81. The van der Waals surface area contributed by atoms with Crippen molar-refractivity contribution in [2.75, 3.05) is 42.3 Å². The molecule has 1 fully saturated rings. The molecule has 0 saturated carbocycles. The van der Waals surface area contributed by atoms with Gasteiger partial charge < -0.3 is 15.1 Å². The fourth-order valence-corrected chi connectivity index (χ4v) is 3.44. The molecule has 0 unspecified atom stereocenters. The van der Waals surface area contributed by atoms with E-state index in [0.29, 0.717) is 6.04 Å². The van der Waals surface area contributed by atoms with Gasteiger partial charge in [0.2, 0.25) is 0 Å². The van der Waals surface area contributed by atoms with E-state index in [1.165, 1.54) is 0 Å². The number of nitrogens with zero attached hydrogens (tertiary/aromatic N) is 5. The van der Waals surface area contributed by atoms with Gasteiger partial charge in [-0.05, 0) is 19.8 Å². The number of anilines is 3. The maximum atomic E-state index is 4.57. The predicted molar refractivity (Wildman–Crippen MR) is 92.1 cm³/mol. The molecule has 6 nitrogen and oxygen atoms in total. The number of thiazole rings is 1. The van der Waals surface area contributed by atoms with Gasteiger partial charge >= 0.3 is 0 Å². The smallest absolute Gasteiger partial charge is 0.185 e. The SMILES string of the molecule is Cc1csc(N2CCC(Nc3cc(N(C)C)ncn3)CC2)n1. The van der Waals surface area contributed by atoms with Crippen molar-refractivity contribution in [1.82, 2.24) is 15.0 Å². The van der Waals surface area contributed by atoms with Crippen molar-refractivity contribution < 1.29 is 0 Å². The highest BCUT2D eigenvalue weighted by Gasteiger charge is 2.21. The normalized spacial score (nSPS) is 15.9. The fourth-order valence-electron chi connectivity index (χ4n) is 2.58. The standard InChI is InChI=1S/C15H22N6S/c1-11-9-22-15(18-11)21-6-4-12(5-7-21)19-13-8-14(20(2)3)17-10-16-13/h8-10,12H,4-7H2,1-3H3,(H,16,17,19). The molecule has 3 heterocycles. The lowest BCUT2D eigenvalue weighted by Crippen LogP contribution is -2.39. The second-order valence-electron chi connectivity index (χ2n) is 5.83. The van der Waals surface area contributed by atoms with Crippen molar-refractivity contribution >= 4 is 28.1 Å². The molecule has 1 N–H and O–H groups in total. The minimum atomic E-state index is 0.460. The highest BCUT2D eigenvalue weighted by Crippen LogP contribution is 2.25. The van der Waals surface area contributed by atoms with Crippen LogP contribution < -0.4 is 15.1 Å². The number of nitrogens with one attached hydrogen (secondary N) is 1. The van der Waals surface area contributed by atoms with E-state index in [1.807, 2.05) is 32.0 Å². The number of piperidine rings is 1. The maximum Gasteiger partial charge on any atom is 0.185 e. The maximum absolute atomic E-state index is 4.57. The van der Waals surface area contributed by atoms with Crippen molar-refractivity contribution in [2.45, 2.75) is 25.8 Å². The van der Waals surface area contributed by atoms with Crippen molar-refractivity contribution in [1.29, 1.82) is 0 Å². The van der Waals surface area contributed by atoms with Gasteiger partial charge in [-0.3, -0.25) is 0 Å². The molecule has 0 spiro atoms. The molecule has 0 atom stereocenters. The Kier molecular flexibility index (Phi) is 4.42. The molecule has 1 aliphatic heterocycles. The zero-order chi connectivity index (χ0) is 15.5. The molecule has 0 amide bonds. The zero-order valence-electron chi connectivity index (χ0n) is 13.3. The van der Waals surface area contributed by atoms with Crippen LogP contribution in [-0.4, -0.2) is 48.2 Å². The number of aryl methyl sites for hydroxylation is 1. The van der Waals surface area contributed by atoms with Crippen LogP contribution in [0, 0.1) is 6.92 Å². The predicted octanol–water partition coefficient (Wildman–Crippen LogP) is 2.39. The van der Waals surface area contributed by atoms with Crippen LogP contribution >= 0.6 is 11.3 Å². The minimum Gasteiger partial charge on any atom is -0.367 e. The van der Waals surface area contributed by atoms with Crippen LogP contribution in [0.1, 0.15) is 18.5 Å². The van der Waals surface area contributed by atoms with Crippen LogP contribution in [-0.2, 0) is 0 Å². The van der Waals surface area contributed by atoms with Crippen molar-refractivity contribution in [3.63, 3.8) is 0 Å². The van der Waals surface area contributed by atoms with E-state index in [-0.39, 0.29) is 0 Å². The molecule has 22 heavy (non-hydrogen) atoms. The lowest BCUT2D eigenvalue weighted by Gasteiger charge is -2.32. The number of hydrogen-bond acceptors (Lipinski definition) is 7. The molecular weight excluding hydrogens is 296 g/mol. The molecule has 7 heteroatoms. The second-order valence-corrected chi connectivity index (χ2v) is 6.67. The Morgan fingerprint density at radius 2 is 2.05 bits per heavy atom. The highest BCUT2D eigenvalue weighted by atomic mass is 32.1. The van der Waals surface area contributed by atoms with Crippen LogP contribution in [0.2, 0.25) is 0 Å². The molecule has 1 saturated heterocycles. The molecule has 1 aliphatic rings. The van der Waals surface area contributed by atoms with Gasteiger partial charge in [-0.25, -0.2) is 15.0 Å². The molecule has 0 aromatic carbocycles. The lowest BCUT2D eigenvalue weighted by atomic mass is 10.1. The van der Waals surface area contributed by atoms with Gasteiger partial charge in [-0.1, -0.05) is 0 Å². The van der Waals surface area contributed by atoms with E-state index in [9.17, 15) is 0 Å². The average molecular weight is 318 g/mol. The Balaban J connectivity index is 1.57. The zero-order valence-corrected chi connectivity index (χ0v) is 14.1. The minimum absolute atomic E-state index is 0.460. The fraction of sp³-hybridized carbons (Fsp3) is 0.533. The van der Waals surface area contributed by atoms with Gasteiger partial charge in [-0.15, -0.1) is 11.3 Å². The molecule has 2 aromatic rings. The van der Waals surface area contributed by atoms with Crippen LogP contribution in [0.3, 0.4) is 0 Å². The highest BCUT2D eigenvalue weighted by molar-refractivity contribution is 7.13. The first-order valence-electron chi connectivity index (χ1n) is 7.55. The van der Waals surface area contributed by atoms with E-state index >= 15 is 0 Å². The summed E-state index contributed by atoms with van der Waals surface area (Å²) in [6, 6.07) is 2.46. The Bertz CT molecular complexity index is 618. The average Bonchev–Trinajstić information content (AvgIpc) is 2.95. The summed E-state index contributed by atoms with van der Waals surface area (Å²) < 4.78 is 0. The van der Waals surface area contributed by atoms with Gasteiger partial charge in [0.15, 0.2) is 5.13 Å². The van der Waals surface area contributed by atoms with Gasteiger partial charge in [0.05, 0.1) is 5.69 Å².